The lowest BCUT2D eigenvalue weighted by Gasteiger charge is -2.13. The van der Waals surface area contributed by atoms with Crippen LogP contribution in [0.3, 0.4) is 0 Å². The average Bonchev–Trinajstić information content (AvgIpc) is 2.68. The number of rotatable bonds is 3. The number of hydrogen-bond acceptors (Lipinski definition) is 2. The van der Waals surface area contributed by atoms with Gasteiger partial charge in [0.05, 0.1) is 17.9 Å². The Bertz CT molecular complexity index is 411. The molecule has 0 spiro atoms. The van der Waals surface area contributed by atoms with E-state index in [-0.39, 0.29) is 17.9 Å². The minimum Gasteiger partial charge on any atom is -0.380 e. The SMILES string of the molecule is CC1CCC(CNc2cc(F)c(F)cc2F)O1. The summed E-state index contributed by atoms with van der Waals surface area (Å²) in [6.07, 6.45) is 2.06. The molecule has 1 aromatic rings. The maximum absolute atomic E-state index is 13.3. The Labute approximate surface area is 97.8 Å². The van der Waals surface area contributed by atoms with E-state index in [0.717, 1.165) is 18.9 Å². The third kappa shape index (κ3) is 2.91. The van der Waals surface area contributed by atoms with Crippen molar-refractivity contribution in [2.75, 3.05) is 11.9 Å². The Hall–Kier alpha value is -1.23. The largest absolute Gasteiger partial charge is 0.380 e. The molecule has 0 aliphatic carbocycles. The monoisotopic (exact) mass is 245 g/mol. The third-order valence-electron chi connectivity index (χ3n) is 2.85. The van der Waals surface area contributed by atoms with Gasteiger partial charge in [0.2, 0.25) is 0 Å². The van der Waals surface area contributed by atoms with E-state index < -0.39 is 17.5 Å². The number of nitrogens with one attached hydrogen (secondary N) is 1. The van der Waals surface area contributed by atoms with Crippen LogP contribution < -0.4 is 5.32 Å². The van der Waals surface area contributed by atoms with Crippen LogP contribution in [0, 0.1) is 17.5 Å². The predicted octanol–water partition coefficient (Wildman–Crippen LogP) is 3.08. The molecule has 5 heteroatoms. The van der Waals surface area contributed by atoms with Crippen LogP contribution in [0.1, 0.15) is 19.8 Å². The molecule has 1 fully saturated rings. The number of anilines is 1. The highest BCUT2D eigenvalue weighted by molar-refractivity contribution is 5.45. The topological polar surface area (TPSA) is 21.3 Å². The van der Waals surface area contributed by atoms with Crippen molar-refractivity contribution in [2.45, 2.75) is 32.0 Å². The van der Waals surface area contributed by atoms with E-state index in [0.29, 0.717) is 12.6 Å². The van der Waals surface area contributed by atoms with Gasteiger partial charge in [-0.15, -0.1) is 0 Å². The van der Waals surface area contributed by atoms with E-state index >= 15 is 0 Å². The van der Waals surface area contributed by atoms with Gasteiger partial charge in [-0.1, -0.05) is 0 Å². The predicted molar refractivity (Wildman–Crippen MR) is 58.4 cm³/mol. The van der Waals surface area contributed by atoms with Gasteiger partial charge in [-0.2, -0.15) is 0 Å². The molecule has 0 amide bonds. The first-order valence-electron chi connectivity index (χ1n) is 5.60. The standard InChI is InChI=1S/C12H14F3NO/c1-7-2-3-8(17-7)6-16-12-5-10(14)9(13)4-11(12)15/h4-5,7-8,16H,2-3,6H2,1H3. The van der Waals surface area contributed by atoms with Crippen molar-refractivity contribution in [1.29, 1.82) is 0 Å². The van der Waals surface area contributed by atoms with Crippen LogP contribution in [0.15, 0.2) is 12.1 Å². The molecule has 1 aromatic carbocycles. The van der Waals surface area contributed by atoms with Gasteiger partial charge in [0.1, 0.15) is 5.82 Å². The average molecular weight is 245 g/mol. The molecule has 17 heavy (non-hydrogen) atoms. The summed E-state index contributed by atoms with van der Waals surface area (Å²) in [4.78, 5) is 0. The molecule has 2 unspecified atom stereocenters. The normalized spacial score (nSPS) is 24.0. The Kier molecular flexibility index (Phi) is 3.57. The van der Waals surface area contributed by atoms with Crippen molar-refractivity contribution in [1.82, 2.24) is 0 Å². The lowest BCUT2D eigenvalue weighted by Crippen LogP contribution is -2.20. The molecule has 1 aliphatic rings. The Morgan fingerprint density at radius 3 is 2.53 bits per heavy atom. The first-order valence-corrected chi connectivity index (χ1v) is 5.60. The zero-order valence-electron chi connectivity index (χ0n) is 9.47. The van der Waals surface area contributed by atoms with E-state index in [9.17, 15) is 13.2 Å². The second-order valence-electron chi connectivity index (χ2n) is 4.27. The van der Waals surface area contributed by atoms with Crippen LogP contribution in [-0.4, -0.2) is 18.8 Å². The van der Waals surface area contributed by atoms with Gasteiger partial charge in [0.25, 0.3) is 0 Å². The third-order valence-corrected chi connectivity index (χ3v) is 2.85. The highest BCUT2D eigenvalue weighted by Gasteiger charge is 2.21. The fourth-order valence-corrected chi connectivity index (χ4v) is 1.92. The van der Waals surface area contributed by atoms with Gasteiger partial charge < -0.3 is 10.1 Å². The molecule has 1 aliphatic heterocycles. The molecule has 2 atom stereocenters. The maximum Gasteiger partial charge on any atom is 0.161 e. The molecule has 2 rings (SSSR count). The van der Waals surface area contributed by atoms with Gasteiger partial charge in [0.15, 0.2) is 11.6 Å². The minimum absolute atomic E-state index is 0.00230. The molecule has 0 saturated carbocycles. The molecule has 0 bridgehead atoms. The van der Waals surface area contributed by atoms with Crippen molar-refractivity contribution in [3.63, 3.8) is 0 Å². The van der Waals surface area contributed by atoms with Crippen LogP contribution in [0.2, 0.25) is 0 Å². The number of benzene rings is 1. The van der Waals surface area contributed by atoms with Crippen LogP contribution >= 0.6 is 0 Å². The molecule has 1 heterocycles. The van der Waals surface area contributed by atoms with E-state index in [1.807, 2.05) is 6.92 Å². The fourth-order valence-electron chi connectivity index (χ4n) is 1.92. The van der Waals surface area contributed by atoms with Crippen molar-refractivity contribution in [2.24, 2.45) is 0 Å². The van der Waals surface area contributed by atoms with E-state index in [2.05, 4.69) is 5.32 Å². The summed E-state index contributed by atoms with van der Waals surface area (Å²) in [5, 5.41) is 2.74. The number of halogens is 3. The molecule has 1 N–H and O–H groups in total. The lowest BCUT2D eigenvalue weighted by molar-refractivity contribution is 0.0636. The van der Waals surface area contributed by atoms with Crippen molar-refractivity contribution in [3.05, 3.63) is 29.6 Å². The summed E-state index contributed by atoms with van der Waals surface area (Å²) < 4.78 is 44.4. The zero-order valence-corrected chi connectivity index (χ0v) is 9.47. The molecular weight excluding hydrogens is 231 g/mol. The minimum atomic E-state index is -1.18. The smallest absolute Gasteiger partial charge is 0.161 e. The summed E-state index contributed by atoms with van der Waals surface area (Å²) in [5.41, 5.74) is -0.0351. The van der Waals surface area contributed by atoms with Crippen LogP contribution in [0.4, 0.5) is 18.9 Å². The molecule has 94 valence electrons. The number of hydrogen-bond donors (Lipinski definition) is 1. The van der Waals surface area contributed by atoms with Crippen molar-refractivity contribution in [3.8, 4) is 0 Å². The second-order valence-corrected chi connectivity index (χ2v) is 4.27. The molecule has 0 radical (unpaired) electrons. The van der Waals surface area contributed by atoms with Crippen molar-refractivity contribution < 1.29 is 17.9 Å². The van der Waals surface area contributed by atoms with Crippen LogP contribution in [-0.2, 0) is 4.74 Å². The maximum atomic E-state index is 13.3. The Morgan fingerprint density at radius 2 is 1.88 bits per heavy atom. The lowest BCUT2D eigenvalue weighted by atomic mass is 10.2. The van der Waals surface area contributed by atoms with Gasteiger partial charge in [-0.05, 0) is 19.8 Å². The van der Waals surface area contributed by atoms with Crippen LogP contribution in [0.25, 0.3) is 0 Å². The quantitative estimate of drug-likeness (QED) is 0.826. The first kappa shape index (κ1) is 12.2. The van der Waals surface area contributed by atoms with E-state index in [4.69, 9.17) is 4.74 Å². The molecular formula is C12H14F3NO. The zero-order chi connectivity index (χ0) is 12.4. The molecule has 0 aromatic heterocycles. The summed E-state index contributed by atoms with van der Waals surface area (Å²) in [6.45, 7) is 2.37. The van der Waals surface area contributed by atoms with E-state index in [1.54, 1.807) is 0 Å². The fraction of sp³-hybridized carbons (Fsp3) is 0.500. The second kappa shape index (κ2) is 4.96. The first-order chi connectivity index (χ1) is 8.06. The highest BCUT2D eigenvalue weighted by Crippen LogP contribution is 2.22. The van der Waals surface area contributed by atoms with Crippen molar-refractivity contribution >= 4 is 5.69 Å². The van der Waals surface area contributed by atoms with Gasteiger partial charge >= 0.3 is 0 Å². The summed E-state index contributed by atoms with van der Waals surface area (Å²) in [5.74, 6) is -3.04. The summed E-state index contributed by atoms with van der Waals surface area (Å²) in [6, 6.07) is 1.36. The molecule has 2 nitrogen and oxygen atoms in total. The van der Waals surface area contributed by atoms with E-state index in [1.165, 1.54) is 0 Å². The van der Waals surface area contributed by atoms with Gasteiger partial charge in [0, 0.05) is 18.7 Å². The summed E-state index contributed by atoms with van der Waals surface area (Å²) >= 11 is 0. The Balaban J connectivity index is 1.97. The highest BCUT2D eigenvalue weighted by atomic mass is 19.2. The van der Waals surface area contributed by atoms with Gasteiger partial charge in [-0.25, -0.2) is 13.2 Å². The van der Waals surface area contributed by atoms with Gasteiger partial charge in [-0.3, -0.25) is 0 Å². The molecule has 1 saturated heterocycles. The summed E-state index contributed by atoms with van der Waals surface area (Å²) in [7, 11) is 0. The Morgan fingerprint density at radius 1 is 1.18 bits per heavy atom. The number of ether oxygens (including phenoxy) is 1. The van der Waals surface area contributed by atoms with Crippen LogP contribution in [0.5, 0.6) is 0 Å².